The fourth-order valence-electron chi connectivity index (χ4n) is 13.9. The van der Waals surface area contributed by atoms with Gasteiger partial charge in [0.15, 0.2) is 46.2 Å². The van der Waals surface area contributed by atoms with E-state index in [0.29, 0.717) is 25.7 Å². The number of phenolic OH excluding ortho intramolecular Hbond substituents is 7. The van der Waals surface area contributed by atoms with Crippen LogP contribution in [0, 0.1) is 28.1 Å². The van der Waals surface area contributed by atoms with Crippen LogP contribution >= 0.6 is 0 Å². The number of rotatable bonds is 7. The summed E-state index contributed by atoms with van der Waals surface area (Å²) in [5, 5.41) is 155. The first-order valence-corrected chi connectivity index (χ1v) is 25.4. The van der Waals surface area contributed by atoms with Gasteiger partial charge >= 0.3 is 23.2 Å². The number of aromatic carboxylic acids is 1. The number of esters is 1. The van der Waals surface area contributed by atoms with Crippen molar-refractivity contribution in [3.05, 3.63) is 62.8 Å². The smallest absolute Gasteiger partial charge is 0.344 e. The van der Waals surface area contributed by atoms with Gasteiger partial charge in [0.25, 0.3) is 0 Å². The van der Waals surface area contributed by atoms with E-state index in [0.717, 1.165) is 61.9 Å². The normalized spacial score (nSPS) is 35.9. The van der Waals surface area contributed by atoms with Gasteiger partial charge in [0.1, 0.15) is 48.8 Å². The summed E-state index contributed by atoms with van der Waals surface area (Å²) in [6.07, 6.45) is -7.82. The highest BCUT2D eigenvalue weighted by atomic mass is 16.7. The van der Waals surface area contributed by atoms with Crippen LogP contribution in [0.15, 0.2) is 54.8 Å². The van der Waals surface area contributed by atoms with E-state index in [1.165, 1.54) is 0 Å². The summed E-state index contributed by atoms with van der Waals surface area (Å²) in [5.41, 5.74) is -4.18. The van der Waals surface area contributed by atoms with Crippen LogP contribution in [-0.4, -0.2) is 174 Å². The predicted molar refractivity (Wildman–Crippen MR) is 266 cm³/mol. The Morgan fingerprint density at radius 1 is 0.633 bits per heavy atom. The van der Waals surface area contributed by atoms with E-state index in [1.54, 1.807) is 0 Å². The molecule has 79 heavy (non-hydrogen) atoms. The summed E-state index contributed by atoms with van der Waals surface area (Å²) in [5.74, 6) is -6.43. The molecule has 11 rings (SSSR count). The number of ether oxygens (including phenoxy) is 4. The molecule has 430 valence electrons. The molecular weight excluding hydrogens is 1050 g/mol. The van der Waals surface area contributed by atoms with E-state index in [9.17, 15) is 80.5 Å². The van der Waals surface area contributed by atoms with E-state index >= 15 is 0 Å². The quantitative estimate of drug-likeness (QED) is 0.0270. The Morgan fingerprint density at radius 2 is 1.11 bits per heavy atom. The number of fused-ring (bicyclic) bond motifs is 3. The number of aliphatic hydroxyl groups is 8. The molecule has 0 amide bonds. The fraction of sp³-hybridized carbons (Fsp3) is 0.547. The highest BCUT2D eigenvalue weighted by molar-refractivity contribution is 6.22. The Morgan fingerprint density at radius 3 is 1.62 bits per heavy atom. The number of carboxylic acid groups (broad SMARTS) is 1. The van der Waals surface area contributed by atoms with Crippen LogP contribution in [-0.2, 0) is 23.7 Å². The van der Waals surface area contributed by atoms with Crippen molar-refractivity contribution in [2.45, 2.75) is 139 Å². The molecule has 16 atom stereocenters. The van der Waals surface area contributed by atoms with Gasteiger partial charge in [0, 0.05) is 10.8 Å². The fourth-order valence-corrected chi connectivity index (χ4v) is 13.9. The first-order chi connectivity index (χ1) is 37.1. The van der Waals surface area contributed by atoms with Crippen LogP contribution in [0.5, 0.6) is 40.2 Å². The zero-order valence-corrected chi connectivity index (χ0v) is 42.5. The summed E-state index contributed by atoms with van der Waals surface area (Å²) in [7, 11) is 0. The SMILES string of the molecule is C=C1C[C@@]23CC[C@@H]4[C@](C)(C(=O)O[C@@H]5O[C@H](CO)[C@@H](O)[C@H](O)[C@H]5O)CCC[C@@]4(C)C2CC[C@]1(O[C@@H]1O[C@H](CO)[C@@H](O)[C@H](O)[C@H]1O)C3.O=C(O)c1cc(O)c(O)c(O)c1.O=c1oc2c(O)c(O)cc3c(=O)oc4c(O)c(O)cc1c4c23. The molecule has 26 nitrogen and oxygen atoms in total. The third-order valence-corrected chi connectivity index (χ3v) is 17.7. The standard InChI is InChI=1S/C32H50O13.C14H6O8.C7H6O5/c1-15-11-31-9-5-18-29(2,7-4-8-30(18,3)28(41)44-26-24(39)22(37)20(35)16(12-33)42-26)19(31)6-10-32(15,14-31)45-27-25(40)23(38)21(36)17(13-34)43-27;15-5-1-3-7-8-4(14(20)22-11(7)9(5)17)2-6(16)10(18)12(8)21-13(3)19;8-4-1-3(7(11)12)2-5(9)6(4)10/h16-27,33-40H,1,4-14H2,2-3H3;1-2,15-18H;1-2,8-10H,(H,11,12)/t16-,17-,18+,19?,20-,21-,22+,23+,24-,25-,26+,27+,29-,30-,31-,32+;;/m1../s1. The topological polar surface area (TPSA) is 455 Å². The lowest BCUT2D eigenvalue weighted by Gasteiger charge is -2.64. The maximum atomic E-state index is 13.9. The van der Waals surface area contributed by atoms with Gasteiger partial charge in [-0.3, -0.25) is 4.79 Å². The van der Waals surface area contributed by atoms with Gasteiger partial charge < -0.3 is 109 Å². The van der Waals surface area contributed by atoms with Gasteiger partial charge in [-0.2, -0.15) is 0 Å². The molecule has 3 aromatic carbocycles. The summed E-state index contributed by atoms with van der Waals surface area (Å²) in [4.78, 5) is 48.2. The van der Waals surface area contributed by atoms with Crippen molar-refractivity contribution in [1.29, 1.82) is 0 Å². The van der Waals surface area contributed by atoms with Gasteiger partial charge in [0.2, 0.25) is 17.8 Å². The zero-order valence-electron chi connectivity index (χ0n) is 42.5. The average molecular weight is 1120 g/mol. The summed E-state index contributed by atoms with van der Waals surface area (Å²) in [6, 6.07) is 3.62. The molecule has 6 fully saturated rings. The number of carboxylic acids is 1. The molecule has 4 heterocycles. The van der Waals surface area contributed by atoms with Crippen molar-refractivity contribution in [1.82, 2.24) is 0 Å². The first-order valence-electron chi connectivity index (χ1n) is 25.4. The Kier molecular flexibility index (Phi) is 14.8. The first kappa shape index (κ1) is 57.1. The van der Waals surface area contributed by atoms with Crippen molar-refractivity contribution in [2.24, 2.45) is 28.1 Å². The van der Waals surface area contributed by atoms with Crippen molar-refractivity contribution in [3.8, 4) is 40.2 Å². The predicted octanol–water partition coefficient (Wildman–Crippen LogP) is 1.05. The average Bonchev–Trinajstić information content (AvgIpc) is 3.94. The number of carbonyl (C=O) groups excluding carboxylic acids is 1. The Hall–Kier alpha value is -6.56. The minimum absolute atomic E-state index is 0.00597. The summed E-state index contributed by atoms with van der Waals surface area (Å²) >= 11 is 0. The Labute approximate surface area is 445 Å². The third kappa shape index (κ3) is 9.21. The third-order valence-electron chi connectivity index (χ3n) is 17.7. The van der Waals surface area contributed by atoms with Crippen LogP contribution in [0.2, 0.25) is 0 Å². The van der Waals surface area contributed by atoms with E-state index in [-0.39, 0.29) is 49.8 Å². The summed E-state index contributed by atoms with van der Waals surface area (Å²) in [6.45, 7) is 7.41. The van der Waals surface area contributed by atoms with Crippen molar-refractivity contribution in [3.63, 3.8) is 0 Å². The maximum absolute atomic E-state index is 13.9. The molecule has 4 aliphatic carbocycles. The van der Waals surface area contributed by atoms with Crippen LogP contribution in [0.25, 0.3) is 32.7 Å². The molecule has 1 spiro atoms. The van der Waals surface area contributed by atoms with Crippen LogP contribution < -0.4 is 11.3 Å². The minimum Gasteiger partial charge on any atom is -0.504 e. The van der Waals surface area contributed by atoms with Crippen LogP contribution in [0.3, 0.4) is 0 Å². The number of phenols is 7. The highest BCUT2D eigenvalue weighted by Crippen LogP contribution is 2.74. The second-order valence-corrected chi connectivity index (χ2v) is 22.1. The van der Waals surface area contributed by atoms with Gasteiger partial charge in [-0.05, 0) is 111 Å². The minimum atomic E-state index is -1.67. The van der Waals surface area contributed by atoms with Crippen LogP contribution in [0.1, 0.15) is 82.0 Å². The molecule has 6 aliphatic rings. The van der Waals surface area contributed by atoms with E-state index in [2.05, 4.69) is 13.5 Å². The largest absolute Gasteiger partial charge is 0.504 e. The van der Waals surface area contributed by atoms with E-state index < -0.39 is 160 Å². The molecule has 4 saturated carbocycles. The lowest BCUT2D eigenvalue weighted by molar-refractivity contribution is -0.327. The number of benzene rings is 3. The van der Waals surface area contributed by atoms with Crippen molar-refractivity contribution in [2.75, 3.05) is 13.2 Å². The molecular formula is C53H62O26. The summed E-state index contributed by atoms with van der Waals surface area (Å²) < 4.78 is 33.3. The second kappa shape index (κ2) is 20.5. The van der Waals surface area contributed by atoms with Gasteiger partial charge in [-0.25, -0.2) is 14.4 Å². The molecule has 1 unspecified atom stereocenters. The number of hydrogen-bond donors (Lipinski definition) is 16. The number of hydrogen-bond acceptors (Lipinski definition) is 25. The van der Waals surface area contributed by atoms with Gasteiger partial charge in [-0.15, -0.1) is 0 Å². The molecule has 2 aliphatic heterocycles. The van der Waals surface area contributed by atoms with Crippen molar-refractivity contribution < 1.29 is 119 Å². The number of aromatic hydroxyl groups is 7. The second-order valence-electron chi connectivity index (χ2n) is 22.1. The van der Waals surface area contributed by atoms with Crippen LogP contribution in [0.4, 0.5) is 0 Å². The van der Waals surface area contributed by atoms with Gasteiger partial charge in [0.05, 0.1) is 40.6 Å². The van der Waals surface area contributed by atoms with Gasteiger partial charge in [-0.1, -0.05) is 19.9 Å². The maximum Gasteiger partial charge on any atom is 0.344 e. The molecule has 26 heteroatoms. The van der Waals surface area contributed by atoms with Crippen molar-refractivity contribution >= 4 is 44.6 Å². The van der Waals surface area contributed by atoms with E-state index in [1.807, 2.05) is 6.92 Å². The van der Waals surface area contributed by atoms with E-state index in [4.69, 9.17) is 48.2 Å². The lowest BCUT2D eigenvalue weighted by Crippen LogP contribution is -2.63. The molecule has 2 saturated heterocycles. The molecule has 5 aromatic rings. The molecule has 2 aromatic heterocycles. The molecule has 0 radical (unpaired) electrons. The Bertz CT molecular complexity index is 3190. The number of carbonyl (C=O) groups is 2. The molecule has 2 bridgehead atoms. The molecule has 16 N–H and O–H groups in total. The lowest BCUT2D eigenvalue weighted by atomic mass is 9.41. The number of aliphatic hydroxyl groups excluding tert-OH is 8. The monoisotopic (exact) mass is 1110 g/mol. The highest BCUT2D eigenvalue weighted by Gasteiger charge is 2.69. The zero-order chi connectivity index (χ0) is 57.7. The Balaban J connectivity index is 0.000000182.